The SMILES string of the molecule is N#Cc1ccc(-n2c3ccccc3c3ccccc32)c(-n2c3ccccc3c3cc(-c4ccc5c(c4)c4ccccc4n5-c4ccccc4)ccc32)c1. The van der Waals surface area contributed by atoms with Crippen LogP contribution in [0.15, 0.2) is 182 Å². The Kier molecular flexibility index (Phi) is 6.28. The Morgan fingerprint density at radius 3 is 1.26 bits per heavy atom. The van der Waals surface area contributed by atoms with E-state index in [9.17, 15) is 5.26 Å². The molecule has 0 aliphatic carbocycles. The summed E-state index contributed by atoms with van der Waals surface area (Å²) in [4.78, 5) is 0. The monoisotopic (exact) mass is 674 g/mol. The summed E-state index contributed by atoms with van der Waals surface area (Å²) in [5.74, 6) is 0. The molecule has 0 aliphatic rings. The number of fused-ring (bicyclic) bond motifs is 9. The second-order valence-electron chi connectivity index (χ2n) is 13.7. The van der Waals surface area contributed by atoms with Crippen molar-refractivity contribution in [3.8, 4) is 34.3 Å². The molecular formula is C49H30N4. The van der Waals surface area contributed by atoms with Crippen molar-refractivity contribution in [2.24, 2.45) is 0 Å². The summed E-state index contributed by atoms with van der Waals surface area (Å²) >= 11 is 0. The second-order valence-corrected chi connectivity index (χ2v) is 13.7. The molecule has 4 heteroatoms. The van der Waals surface area contributed by atoms with Gasteiger partial charge in [-0.05, 0) is 90.0 Å². The Labute approximate surface area is 305 Å². The summed E-state index contributed by atoms with van der Waals surface area (Å²) in [5.41, 5.74) is 12.9. The second kappa shape index (κ2) is 11.3. The zero-order valence-electron chi connectivity index (χ0n) is 28.6. The van der Waals surface area contributed by atoms with E-state index in [1.54, 1.807) is 0 Å². The lowest BCUT2D eigenvalue weighted by Crippen LogP contribution is -2.04. The fourth-order valence-electron chi connectivity index (χ4n) is 8.56. The highest BCUT2D eigenvalue weighted by atomic mass is 15.1. The molecule has 3 aromatic heterocycles. The van der Waals surface area contributed by atoms with E-state index in [0.717, 1.165) is 44.7 Å². The van der Waals surface area contributed by atoms with Gasteiger partial charge in [0.15, 0.2) is 0 Å². The van der Waals surface area contributed by atoms with E-state index in [1.807, 2.05) is 12.1 Å². The number of nitrogens with zero attached hydrogens (tertiary/aromatic N) is 4. The minimum atomic E-state index is 0.620. The molecule has 0 fully saturated rings. The van der Waals surface area contributed by atoms with Crippen LogP contribution in [0.1, 0.15) is 5.56 Å². The maximum Gasteiger partial charge on any atom is 0.0992 e. The molecule has 0 atom stereocenters. The van der Waals surface area contributed by atoms with E-state index < -0.39 is 0 Å². The predicted octanol–water partition coefficient (Wildman–Crippen LogP) is 12.5. The predicted molar refractivity (Wildman–Crippen MR) is 220 cm³/mol. The van der Waals surface area contributed by atoms with Gasteiger partial charge >= 0.3 is 0 Å². The molecule has 0 N–H and O–H groups in total. The Balaban J connectivity index is 1.15. The highest BCUT2D eigenvalue weighted by Gasteiger charge is 2.20. The normalized spacial score (nSPS) is 11.8. The quantitative estimate of drug-likeness (QED) is 0.183. The van der Waals surface area contributed by atoms with Gasteiger partial charge in [-0.1, -0.05) is 103 Å². The van der Waals surface area contributed by atoms with Gasteiger partial charge in [0.05, 0.1) is 56.1 Å². The first-order valence-corrected chi connectivity index (χ1v) is 17.9. The zero-order valence-corrected chi connectivity index (χ0v) is 28.6. The largest absolute Gasteiger partial charge is 0.309 e. The molecule has 11 aromatic rings. The average Bonchev–Trinajstić information content (AvgIpc) is 3.86. The standard InChI is InChI=1S/C49H30N4/c50-31-32-22-25-48(52-43-19-9-4-14-36(43)37-15-5-10-20-44(37)52)49(28-32)53-45-21-11-7-17-39(45)41-30-34(24-27-47(41)53)33-23-26-46-40(29-33)38-16-6-8-18-42(38)51(46)35-12-2-1-3-13-35/h1-30H. The average molecular weight is 675 g/mol. The van der Waals surface area contributed by atoms with Crippen molar-refractivity contribution in [3.63, 3.8) is 0 Å². The summed E-state index contributed by atoms with van der Waals surface area (Å²) in [6, 6.07) is 67.2. The van der Waals surface area contributed by atoms with Gasteiger partial charge < -0.3 is 13.7 Å². The third kappa shape index (κ3) is 4.29. The van der Waals surface area contributed by atoms with Crippen molar-refractivity contribution in [2.75, 3.05) is 0 Å². The number of rotatable bonds is 4. The summed E-state index contributed by atoms with van der Waals surface area (Å²) in [5, 5.41) is 17.4. The molecule has 8 aromatic carbocycles. The Hall–Kier alpha value is -7.35. The Morgan fingerprint density at radius 2 is 0.736 bits per heavy atom. The van der Waals surface area contributed by atoms with Crippen LogP contribution in [0.4, 0.5) is 0 Å². The van der Waals surface area contributed by atoms with Crippen molar-refractivity contribution in [1.82, 2.24) is 13.7 Å². The van der Waals surface area contributed by atoms with Gasteiger partial charge in [-0.25, -0.2) is 0 Å². The van der Waals surface area contributed by atoms with Gasteiger partial charge in [0.25, 0.3) is 0 Å². The summed E-state index contributed by atoms with van der Waals surface area (Å²) in [6.45, 7) is 0. The molecule has 0 amide bonds. The van der Waals surface area contributed by atoms with Crippen LogP contribution in [0.3, 0.4) is 0 Å². The van der Waals surface area contributed by atoms with Gasteiger partial charge in [0.2, 0.25) is 0 Å². The number of hydrogen-bond donors (Lipinski definition) is 0. The lowest BCUT2D eigenvalue weighted by molar-refractivity contribution is 1.09. The van der Waals surface area contributed by atoms with Gasteiger partial charge in [0.1, 0.15) is 0 Å². The molecule has 0 aliphatic heterocycles. The lowest BCUT2D eigenvalue weighted by atomic mass is 10.0. The number of hydrogen-bond acceptors (Lipinski definition) is 1. The van der Waals surface area contributed by atoms with Crippen LogP contribution in [0, 0.1) is 11.3 Å². The molecule has 0 saturated carbocycles. The van der Waals surface area contributed by atoms with Crippen LogP contribution in [0.25, 0.3) is 93.6 Å². The highest BCUT2D eigenvalue weighted by molar-refractivity contribution is 6.13. The van der Waals surface area contributed by atoms with Crippen LogP contribution in [-0.4, -0.2) is 13.7 Å². The molecule has 0 radical (unpaired) electrons. The van der Waals surface area contributed by atoms with E-state index in [0.29, 0.717) is 5.56 Å². The molecule has 246 valence electrons. The maximum atomic E-state index is 10.2. The molecule has 4 nitrogen and oxygen atoms in total. The Bertz CT molecular complexity index is 3240. The zero-order chi connectivity index (χ0) is 35.0. The van der Waals surface area contributed by atoms with Crippen molar-refractivity contribution >= 4 is 65.4 Å². The third-order valence-corrected chi connectivity index (χ3v) is 10.9. The molecule has 3 heterocycles. The highest BCUT2D eigenvalue weighted by Crippen LogP contribution is 2.41. The van der Waals surface area contributed by atoms with Crippen LogP contribution < -0.4 is 0 Å². The smallest absolute Gasteiger partial charge is 0.0992 e. The number of benzene rings is 8. The first kappa shape index (κ1) is 29.4. The minimum Gasteiger partial charge on any atom is -0.309 e. The molecule has 0 spiro atoms. The maximum absolute atomic E-state index is 10.2. The van der Waals surface area contributed by atoms with E-state index in [1.165, 1.54) is 48.9 Å². The summed E-state index contributed by atoms with van der Waals surface area (Å²) in [7, 11) is 0. The lowest BCUT2D eigenvalue weighted by Gasteiger charge is -2.17. The fourth-order valence-corrected chi connectivity index (χ4v) is 8.56. The Morgan fingerprint density at radius 1 is 0.321 bits per heavy atom. The van der Waals surface area contributed by atoms with Crippen molar-refractivity contribution in [1.29, 1.82) is 5.26 Å². The van der Waals surface area contributed by atoms with Gasteiger partial charge in [-0.2, -0.15) is 5.26 Å². The molecule has 0 bridgehead atoms. The van der Waals surface area contributed by atoms with Crippen molar-refractivity contribution in [2.45, 2.75) is 0 Å². The van der Waals surface area contributed by atoms with E-state index in [4.69, 9.17) is 0 Å². The minimum absolute atomic E-state index is 0.620. The number of nitriles is 1. The van der Waals surface area contributed by atoms with E-state index in [-0.39, 0.29) is 0 Å². The first-order valence-electron chi connectivity index (χ1n) is 17.9. The third-order valence-electron chi connectivity index (χ3n) is 10.9. The van der Waals surface area contributed by atoms with Crippen LogP contribution in [0.2, 0.25) is 0 Å². The van der Waals surface area contributed by atoms with Crippen LogP contribution in [0.5, 0.6) is 0 Å². The summed E-state index contributed by atoms with van der Waals surface area (Å²) in [6.07, 6.45) is 0. The topological polar surface area (TPSA) is 38.6 Å². The molecular weight excluding hydrogens is 645 g/mol. The summed E-state index contributed by atoms with van der Waals surface area (Å²) < 4.78 is 7.04. The van der Waals surface area contributed by atoms with Gasteiger partial charge in [0, 0.05) is 38.0 Å². The number of aromatic nitrogens is 3. The van der Waals surface area contributed by atoms with Gasteiger partial charge in [-0.15, -0.1) is 0 Å². The van der Waals surface area contributed by atoms with E-state index >= 15 is 0 Å². The molecule has 11 rings (SSSR count). The van der Waals surface area contributed by atoms with E-state index in [2.05, 4.69) is 190 Å². The van der Waals surface area contributed by atoms with Crippen molar-refractivity contribution < 1.29 is 0 Å². The fraction of sp³-hybridized carbons (Fsp3) is 0. The van der Waals surface area contributed by atoms with Crippen LogP contribution in [-0.2, 0) is 0 Å². The first-order chi connectivity index (χ1) is 26.3. The van der Waals surface area contributed by atoms with Gasteiger partial charge in [-0.3, -0.25) is 0 Å². The number of para-hydroxylation sites is 5. The molecule has 0 unspecified atom stereocenters. The van der Waals surface area contributed by atoms with Crippen LogP contribution >= 0.6 is 0 Å². The van der Waals surface area contributed by atoms with Crippen molar-refractivity contribution in [3.05, 3.63) is 188 Å². The molecule has 0 saturated heterocycles. The molecule has 53 heavy (non-hydrogen) atoms.